The lowest BCUT2D eigenvalue weighted by molar-refractivity contribution is -0.120. The second kappa shape index (κ2) is 9.24. The van der Waals surface area contributed by atoms with Gasteiger partial charge in [0.05, 0.1) is 6.54 Å². The maximum atomic E-state index is 11.8. The summed E-state index contributed by atoms with van der Waals surface area (Å²) < 4.78 is 5.68. The molecule has 1 amide bonds. The first-order valence-electron chi connectivity index (χ1n) is 8.56. The van der Waals surface area contributed by atoms with E-state index in [4.69, 9.17) is 4.74 Å². The van der Waals surface area contributed by atoms with E-state index in [0.717, 1.165) is 22.9 Å². The summed E-state index contributed by atoms with van der Waals surface area (Å²) in [6.07, 6.45) is 2.94. The molecular formula is C22H20N2O2. The molecule has 0 saturated carbocycles. The summed E-state index contributed by atoms with van der Waals surface area (Å²) in [6, 6.07) is 19.6. The predicted octanol–water partition coefficient (Wildman–Crippen LogP) is 3.37. The van der Waals surface area contributed by atoms with E-state index >= 15 is 0 Å². The Labute approximate surface area is 153 Å². The van der Waals surface area contributed by atoms with Crippen molar-refractivity contribution in [2.24, 2.45) is 0 Å². The third-order valence-corrected chi connectivity index (χ3v) is 3.88. The van der Waals surface area contributed by atoms with Crippen LogP contribution in [0.4, 0.5) is 0 Å². The fourth-order valence-corrected chi connectivity index (χ4v) is 2.55. The third-order valence-electron chi connectivity index (χ3n) is 3.88. The van der Waals surface area contributed by atoms with Gasteiger partial charge in [-0.25, -0.2) is 0 Å². The molecule has 0 atom stereocenters. The number of nitrogens with one attached hydrogen (secondary N) is 1. The van der Waals surface area contributed by atoms with E-state index in [1.54, 1.807) is 6.20 Å². The number of carbonyl (C=O) groups is 1. The number of ether oxygens (including phenoxy) is 1. The number of hydrogen-bond donors (Lipinski definition) is 1. The van der Waals surface area contributed by atoms with Crippen molar-refractivity contribution >= 4 is 16.8 Å². The normalized spacial score (nSPS) is 10.0. The average molecular weight is 344 g/mol. The lowest BCUT2D eigenvalue weighted by Gasteiger charge is -2.05. The van der Waals surface area contributed by atoms with Gasteiger partial charge in [0.2, 0.25) is 5.91 Å². The number of benzene rings is 2. The minimum atomic E-state index is 0.00215. The van der Waals surface area contributed by atoms with E-state index < -0.39 is 0 Å². The third kappa shape index (κ3) is 5.09. The molecule has 1 heterocycles. The number of fused-ring (bicyclic) bond motifs is 1. The number of hydrogen-bond acceptors (Lipinski definition) is 3. The molecule has 0 bridgehead atoms. The van der Waals surface area contributed by atoms with Gasteiger partial charge in [-0.2, -0.15) is 0 Å². The molecule has 1 aromatic heterocycles. The second-order valence-corrected chi connectivity index (χ2v) is 5.74. The molecule has 130 valence electrons. The van der Waals surface area contributed by atoms with Crippen molar-refractivity contribution in [2.45, 2.75) is 12.8 Å². The van der Waals surface area contributed by atoms with E-state index in [1.807, 2.05) is 60.7 Å². The average Bonchev–Trinajstić information content (AvgIpc) is 2.70. The number of para-hydroxylation sites is 1. The van der Waals surface area contributed by atoms with Crippen LogP contribution in [0.5, 0.6) is 5.75 Å². The standard InChI is InChI=1S/C22H20N2O2/c25-21(14-13-18-8-2-1-3-9-18)23-15-4-5-17-26-20-12-6-10-19-11-7-16-24-22(19)20/h1-3,6-12,16H,13-15,17H2,(H,23,25). The Balaban J connectivity index is 1.39. The maximum Gasteiger partial charge on any atom is 0.221 e. The fraction of sp³-hybridized carbons (Fsp3) is 0.182. The van der Waals surface area contributed by atoms with Crippen LogP contribution in [0.3, 0.4) is 0 Å². The van der Waals surface area contributed by atoms with Gasteiger partial charge in [0.1, 0.15) is 17.9 Å². The molecule has 0 aliphatic heterocycles. The van der Waals surface area contributed by atoms with Crippen molar-refractivity contribution in [3.63, 3.8) is 0 Å². The van der Waals surface area contributed by atoms with Crippen LogP contribution in [0.15, 0.2) is 66.9 Å². The van der Waals surface area contributed by atoms with Crippen molar-refractivity contribution in [1.29, 1.82) is 0 Å². The minimum Gasteiger partial charge on any atom is -0.479 e. The summed E-state index contributed by atoms with van der Waals surface area (Å²) in [4.78, 5) is 16.1. The first-order valence-corrected chi connectivity index (χ1v) is 8.56. The summed E-state index contributed by atoms with van der Waals surface area (Å²) >= 11 is 0. The summed E-state index contributed by atoms with van der Waals surface area (Å²) in [5.74, 6) is 6.53. The highest BCUT2D eigenvalue weighted by Crippen LogP contribution is 2.22. The van der Waals surface area contributed by atoms with Gasteiger partial charge in [-0.05, 0) is 24.1 Å². The van der Waals surface area contributed by atoms with Crippen molar-refractivity contribution in [3.8, 4) is 17.6 Å². The second-order valence-electron chi connectivity index (χ2n) is 5.74. The Hall–Kier alpha value is -3.32. The highest BCUT2D eigenvalue weighted by molar-refractivity contribution is 5.84. The van der Waals surface area contributed by atoms with Gasteiger partial charge in [0, 0.05) is 18.0 Å². The number of aromatic nitrogens is 1. The van der Waals surface area contributed by atoms with Crippen LogP contribution in [0.2, 0.25) is 0 Å². The van der Waals surface area contributed by atoms with Gasteiger partial charge in [0.15, 0.2) is 0 Å². The number of nitrogens with zero attached hydrogens (tertiary/aromatic N) is 1. The monoisotopic (exact) mass is 344 g/mol. The number of carbonyl (C=O) groups excluding carboxylic acids is 1. The fourth-order valence-electron chi connectivity index (χ4n) is 2.55. The van der Waals surface area contributed by atoms with E-state index in [0.29, 0.717) is 18.7 Å². The summed E-state index contributed by atoms with van der Waals surface area (Å²) in [5.41, 5.74) is 1.98. The van der Waals surface area contributed by atoms with Gasteiger partial charge in [0.25, 0.3) is 0 Å². The lowest BCUT2D eigenvalue weighted by Crippen LogP contribution is -2.23. The molecule has 0 fully saturated rings. The van der Waals surface area contributed by atoms with Gasteiger partial charge in [-0.15, -0.1) is 0 Å². The van der Waals surface area contributed by atoms with Crippen LogP contribution < -0.4 is 10.1 Å². The Bertz CT molecular complexity index is 922. The van der Waals surface area contributed by atoms with Crippen LogP contribution >= 0.6 is 0 Å². The predicted molar refractivity (Wildman–Crippen MR) is 103 cm³/mol. The van der Waals surface area contributed by atoms with Gasteiger partial charge < -0.3 is 10.1 Å². The van der Waals surface area contributed by atoms with Crippen LogP contribution in [0.25, 0.3) is 10.9 Å². The number of aryl methyl sites for hydroxylation is 1. The first-order chi connectivity index (χ1) is 12.8. The molecule has 0 saturated heterocycles. The highest BCUT2D eigenvalue weighted by atomic mass is 16.5. The van der Waals surface area contributed by atoms with E-state index in [1.165, 1.54) is 0 Å². The van der Waals surface area contributed by atoms with E-state index in [-0.39, 0.29) is 12.5 Å². The summed E-state index contributed by atoms with van der Waals surface area (Å²) in [5, 5.41) is 3.83. The van der Waals surface area contributed by atoms with Crippen molar-refractivity contribution in [2.75, 3.05) is 13.2 Å². The number of pyridine rings is 1. The van der Waals surface area contributed by atoms with E-state index in [2.05, 4.69) is 22.1 Å². The molecule has 2 aromatic carbocycles. The van der Waals surface area contributed by atoms with E-state index in [9.17, 15) is 4.79 Å². The first kappa shape index (κ1) is 17.5. The smallest absolute Gasteiger partial charge is 0.221 e. The zero-order valence-corrected chi connectivity index (χ0v) is 14.4. The van der Waals surface area contributed by atoms with Gasteiger partial charge in [-0.1, -0.05) is 60.4 Å². The summed E-state index contributed by atoms with van der Waals surface area (Å²) in [7, 11) is 0. The Kier molecular flexibility index (Phi) is 6.22. The Morgan fingerprint density at radius 3 is 2.73 bits per heavy atom. The Morgan fingerprint density at radius 1 is 1.00 bits per heavy atom. The van der Waals surface area contributed by atoms with Gasteiger partial charge >= 0.3 is 0 Å². The lowest BCUT2D eigenvalue weighted by atomic mass is 10.1. The minimum absolute atomic E-state index is 0.00215. The SMILES string of the molecule is O=C(CCc1ccccc1)NCC#CCOc1cccc2cccnc12. The molecule has 1 N–H and O–H groups in total. The quantitative estimate of drug-likeness (QED) is 0.698. The van der Waals surface area contributed by atoms with Crippen molar-refractivity contribution < 1.29 is 9.53 Å². The summed E-state index contributed by atoms with van der Waals surface area (Å²) in [6.45, 7) is 0.584. The molecule has 4 nitrogen and oxygen atoms in total. The van der Waals surface area contributed by atoms with Gasteiger partial charge in [-0.3, -0.25) is 9.78 Å². The zero-order valence-electron chi connectivity index (χ0n) is 14.4. The molecule has 26 heavy (non-hydrogen) atoms. The molecule has 0 radical (unpaired) electrons. The molecule has 3 rings (SSSR count). The van der Waals surface area contributed by atoms with Crippen LogP contribution in [-0.4, -0.2) is 24.0 Å². The molecule has 4 heteroatoms. The molecule has 0 unspecified atom stereocenters. The molecule has 0 aliphatic rings. The largest absolute Gasteiger partial charge is 0.479 e. The Morgan fingerprint density at radius 2 is 1.85 bits per heavy atom. The molecule has 0 aliphatic carbocycles. The maximum absolute atomic E-state index is 11.8. The van der Waals surface area contributed by atoms with Crippen molar-refractivity contribution in [1.82, 2.24) is 10.3 Å². The number of rotatable bonds is 6. The van der Waals surface area contributed by atoms with Crippen LogP contribution in [0.1, 0.15) is 12.0 Å². The number of amides is 1. The molecular weight excluding hydrogens is 324 g/mol. The topological polar surface area (TPSA) is 51.2 Å². The van der Waals surface area contributed by atoms with Crippen LogP contribution in [-0.2, 0) is 11.2 Å². The zero-order chi connectivity index (χ0) is 18.0. The van der Waals surface area contributed by atoms with Crippen LogP contribution in [0, 0.1) is 11.8 Å². The van der Waals surface area contributed by atoms with Crippen molar-refractivity contribution in [3.05, 3.63) is 72.4 Å². The highest BCUT2D eigenvalue weighted by Gasteiger charge is 2.02. The molecule has 0 spiro atoms. The molecule has 3 aromatic rings.